The van der Waals surface area contributed by atoms with Crippen LogP contribution in [0.1, 0.15) is 13.3 Å². The molecule has 0 aromatic heterocycles. The molecule has 0 saturated heterocycles. The molecule has 0 N–H and O–H groups in total. The molecular formula is C5H7F5S3. The molecule has 0 saturated carbocycles. The van der Waals surface area contributed by atoms with Gasteiger partial charge in [-0.25, -0.2) is 4.39 Å². The Morgan fingerprint density at radius 2 is 1.62 bits per heavy atom. The lowest BCUT2D eigenvalue weighted by Gasteiger charge is -2.26. The van der Waals surface area contributed by atoms with Crippen LogP contribution in [0.2, 0.25) is 0 Å². The summed E-state index contributed by atoms with van der Waals surface area (Å²) in [7, 11) is -3.03. The van der Waals surface area contributed by atoms with E-state index in [1.54, 1.807) is 0 Å². The summed E-state index contributed by atoms with van der Waals surface area (Å²) >= 11 is 7.83. The van der Waals surface area contributed by atoms with Crippen molar-refractivity contribution in [1.29, 1.82) is 0 Å². The van der Waals surface area contributed by atoms with Crippen molar-refractivity contribution in [2.24, 2.45) is 0 Å². The maximum Gasteiger partial charge on any atom is 0.364 e. The summed E-state index contributed by atoms with van der Waals surface area (Å²) in [6, 6.07) is 0. The molecule has 1 unspecified atom stereocenters. The Labute approximate surface area is 83.3 Å². The van der Waals surface area contributed by atoms with Crippen molar-refractivity contribution in [3.8, 4) is 0 Å². The van der Waals surface area contributed by atoms with Gasteiger partial charge in [-0.05, 0) is 36.8 Å². The van der Waals surface area contributed by atoms with E-state index in [0.717, 1.165) is 6.92 Å². The quantitative estimate of drug-likeness (QED) is 0.606. The van der Waals surface area contributed by atoms with E-state index >= 15 is 0 Å². The van der Waals surface area contributed by atoms with E-state index in [-0.39, 0.29) is 0 Å². The van der Waals surface area contributed by atoms with Gasteiger partial charge in [0.15, 0.2) is 6.17 Å². The second-order valence-electron chi connectivity index (χ2n) is 2.30. The third-order valence-corrected chi connectivity index (χ3v) is 3.51. The number of hydrogen-bond donors (Lipinski definition) is 1. The van der Waals surface area contributed by atoms with Crippen LogP contribution >= 0.6 is 0 Å². The average Bonchev–Trinajstić information content (AvgIpc) is 2.02. The number of alkyl halides is 5. The maximum absolute atomic E-state index is 12.6. The predicted molar refractivity (Wildman–Crippen MR) is 48.6 cm³/mol. The predicted octanol–water partition coefficient (Wildman–Crippen LogP) is 2.24. The highest BCUT2D eigenvalue weighted by Crippen LogP contribution is 2.40. The molecule has 0 bridgehead atoms. The Morgan fingerprint density at radius 3 is 1.85 bits per heavy atom. The van der Waals surface area contributed by atoms with Gasteiger partial charge in [-0.15, -0.1) is 0 Å². The zero-order valence-corrected chi connectivity index (χ0v) is 8.97. The van der Waals surface area contributed by atoms with Crippen LogP contribution < -0.4 is 0 Å². The first-order valence-electron chi connectivity index (χ1n) is 3.22. The van der Waals surface area contributed by atoms with Gasteiger partial charge in [0.2, 0.25) is 0 Å². The lowest BCUT2D eigenvalue weighted by Crippen LogP contribution is -2.48. The summed E-state index contributed by atoms with van der Waals surface area (Å²) in [6.45, 7) is 1.05. The first-order valence-corrected chi connectivity index (χ1v) is 6.59. The molecule has 0 aliphatic heterocycles. The summed E-state index contributed by atoms with van der Waals surface area (Å²) in [4.78, 5) is 0. The van der Waals surface area contributed by atoms with Gasteiger partial charge in [-0.3, -0.25) is 0 Å². The molecular weight excluding hydrogens is 251 g/mol. The van der Waals surface area contributed by atoms with Gasteiger partial charge >= 0.3 is 11.2 Å². The second kappa shape index (κ2) is 4.31. The van der Waals surface area contributed by atoms with E-state index in [1.165, 1.54) is 0 Å². The van der Waals surface area contributed by atoms with E-state index < -0.39 is 31.8 Å². The lowest BCUT2D eigenvalue weighted by atomic mass is 10.2. The topological polar surface area (TPSA) is 0 Å². The van der Waals surface area contributed by atoms with Crippen LogP contribution in [0.25, 0.3) is 0 Å². The SMILES string of the molecule is CCC(F)C(F)(F)C(F)(F)[SH](=S)=S. The van der Waals surface area contributed by atoms with Crippen molar-refractivity contribution in [2.45, 2.75) is 30.7 Å². The minimum absolute atomic E-state index is 0.698. The lowest BCUT2D eigenvalue weighted by molar-refractivity contribution is -0.190. The van der Waals surface area contributed by atoms with Crippen molar-refractivity contribution in [3.05, 3.63) is 0 Å². The van der Waals surface area contributed by atoms with Gasteiger partial charge in [0.1, 0.15) is 0 Å². The van der Waals surface area contributed by atoms with Crippen molar-refractivity contribution < 1.29 is 22.0 Å². The monoisotopic (exact) mass is 258 g/mol. The minimum Gasteiger partial charge on any atom is -0.241 e. The Bertz CT molecular complexity index is 239. The smallest absolute Gasteiger partial charge is 0.241 e. The molecule has 80 valence electrons. The van der Waals surface area contributed by atoms with Crippen LogP contribution in [0, 0.1) is 0 Å². The first-order chi connectivity index (χ1) is 5.67. The number of halogens is 5. The van der Waals surface area contributed by atoms with Crippen LogP contribution in [-0.2, 0) is 30.4 Å². The zero-order valence-electron chi connectivity index (χ0n) is 6.44. The van der Waals surface area contributed by atoms with Crippen molar-refractivity contribution >= 4 is 30.4 Å². The van der Waals surface area contributed by atoms with Crippen LogP contribution in [0.3, 0.4) is 0 Å². The molecule has 0 spiro atoms. The fraction of sp³-hybridized carbons (Fsp3) is 1.00. The highest BCUT2D eigenvalue weighted by molar-refractivity contribution is 8.47. The van der Waals surface area contributed by atoms with E-state index in [9.17, 15) is 22.0 Å². The molecule has 0 aromatic carbocycles. The summed E-state index contributed by atoms with van der Waals surface area (Å²) in [5.74, 6) is -4.75. The number of thiol groups is 1. The second-order valence-corrected chi connectivity index (χ2v) is 6.26. The number of rotatable bonds is 4. The van der Waals surface area contributed by atoms with Crippen molar-refractivity contribution in [1.82, 2.24) is 0 Å². The molecule has 0 aliphatic carbocycles. The van der Waals surface area contributed by atoms with Crippen molar-refractivity contribution in [2.75, 3.05) is 0 Å². The van der Waals surface area contributed by atoms with Gasteiger partial charge < -0.3 is 0 Å². The molecule has 0 radical (unpaired) electrons. The fourth-order valence-electron chi connectivity index (χ4n) is 0.567. The normalized spacial score (nSPS) is 16.2. The van der Waals surface area contributed by atoms with Crippen LogP contribution in [0.15, 0.2) is 0 Å². The zero-order chi connectivity index (χ0) is 10.9. The highest BCUT2D eigenvalue weighted by atomic mass is 33.1. The Kier molecular flexibility index (Phi) is 4.45. The standard InChI is InChI=1S/C5H7F5S3/c1-2-3(6)4(7,8)5(9,10)13(11)12/h3,13H,2H2,1H3. The molecule has 0 amide bonds. The molecule has 1 atom stereocenters. The van der Waals surface area contributed by atoms with E-state index in [1.807, 2.05) is 0 Å². The summed E-state index contributed by atoms with van der Waals surface area (Å²) < 4.78 is 62.8. The fourth-order valence-corrected chi connectivity index (χ4v) is 1.68. The average molecular weight is 258 g/mol. The van der Waals surface area contributed by atoms with Crippen LogP contribution in [0.5, 0.6) is 0 Å². The molecule has 8 heteroatoms. The largest absolute Gasteiger partial charge is 0.364 e. The van der Waals surface area contributed by atoms with Gasteiger partial charge in [0, 0.05) is 0 Å². The van der Waals surface area contributed by atoms with Crippen molar-refractivity contribution in [3.63, 3.8) is 0 Å². The van der Waals surface area contributed by atoms with Gasteiger partial charge in [-0.2, -0.15) is 17.6 Å². The molecule has 0 fully saturated rings. The van der Waals surface area contributed by atoms with Gasteiger partial charge in [-0.1, -0.05) is 6.92 Å². The van der Waals surface area contributed by atoms with E-state index in [0.29, 0.717) is 0 Å². The molecule has 0 nitrogen and oxygen atoms in total. The molecule has 0 rings (SSSR count). The molecule has 13 heavy (non-hydrogen) atoms. The first kappa shape index (κ1) is 13.4. The third kappa shape index (κ3) is 2.47. The Morgan fingerprint density at radius 1 is 1.23 bits per heavy atom. The Balaban J connectivity index is 5.02. The minimum atomic E-state index is -4.75. The Hall–Kier alpha value is 0.440. The molecule has 0 heterocycles. The number of hydrogen-bond acceptors (Lipinski definition) is 2. The van der Waals surface area contributed by atoms with Crippen LogP contribution in [0.4, 0.5) is 22.0 Å². The van der Waals surface area contributed by atoms with E-state index in [4.69, 9.17) is 0 Å². The third-order valence-electron chi connectivity index (χ3n) is 1.38. The van der Waals surface area contributed by atoms with Crippen LogP contribution in [-0.4, -0.2) is 17.3 Å². The van der Waals surface area contributed by atoms with E-state index in [2.05, 4.69) is 22.4 Å². The summed E-state index contributed by atoms with van der Waals surface area (Å²) in [5.41, 5.74) is 0. The van der Waals surface area contributed by atoms with Gasteiger partial charge in [0.25, 0.3) is 0 Å². The summed E-state index contributed by atoms with van der Waals surface area (Å²) in [6.07, 6.45) is -3.60. The molecule has 0 aromatic rings. The maximum atomic E-state index is 12.6. The highest BCUT2D eigenvalue weighted by Gasteiger charge is 2.61. The summed E-state index contributed by atoms with van der Waals surface area (Å²) in [5, 5.41) is -4.59. The van der Waals surface area contributed by atoms with Gasteiger partial charge in [0.05, 0.1) is 0 Å². The molecule has 0 aliphatic rings.